The second-order valence-corrected chi connectivity index (χ2v) is 5.18. The van der Waals surface area contributed by atoms with Crippen LogP contribution in [0, 0.1) is 0 Å². The maximum atomic E-state index is 10.8. The molecule has 0 aliphatic carbocycles. The van der Waals surface area contributed by atoms with E-state index in [0.29, 0.717) is 52.4 Å². The fraction of sp³-hybridized carbons (Fsp3) is 0.923. The molecule has 21 heavy (non-hydrogen) atoms. The van der Waals surface area contributed by atoms with E-state index in [9.17, 15) is 15.0 Å². The molecule has 0 spiro atoms. The summed E-state index contributed by atoms with van der Waals surface area (Å²) in [5, 5.41) is 34.8. The van der Waals surface area contributed by atoms with Gasteiger partial charge < -0.3 is 30.9 Å². The highest BCUT2D eigenvalue weighted by molar-refractivity contribution is 5.46. The lowest BCUT2D eigenvalue weighted by atomic mass is 10.1. The van der Waals surface area contributed by atoms with Crippen molar-refractivity contribution in [3.63, 3.8) is 0 Å². The van der Waals surface area contributed by atoms with Crippen molar-refractivity contribution in [1.29, 1.82) is 0 Å². The van der Waals surface area contributed by atoms with Gasteiger partial charge in [-0.25, -0.2) is 0 Å². The Morgan fingerprint density at radius 2 is 1.48 bits per heavy atom. The van der Waals surface area contributed by atoms with Crippen LogP contribution in [-0.4, -0.2) is 109 Å². The minimum atomic E-state index is -0.950. The van der Waals surface area contributed by atoms with Crippen molar-refractivity contribution in [2.24, 2.45) is 0 Å². The third-order valence-corrected chi connectivity index (χ3v) is 3.74. The highest BCUT2D eigenvalue weighted by Crippen LogP contribution is 2.04. The molecule has 0 aromatic carbocycles. The molecule has 1 aliphatic rings. The van der Waals surface area contributed by atoms with Crippen LogP contribution in [0.15, 0.2) is 0 Å². The fourth-order valence-electron chi connectivity index (χ4n) is 2.40. The van der Waals surface area contributed by atoms with Gasteiger partial charge in [0.25, 0.3) is 0 Å². The van der Waals surface area contributed by atoms with Crippen LogP contribution < -0.4 is 10.6 Å². The Bertz CT molecular complexity index is 269. The smallest absolute Gasteiger partial charge is 0.209 e. The quantitative estimate of drug-likeness (QED) is 0.338. The van der Waals surface area contributed by atoms with Crippen LogP contribution in [0.4, 0.5) is 0 Å². The van der Waals surface area contributed by atoms with E-state index >= 15 is 0 Å². The van der Waals surface area contributed by atoms with Gasteiger partial charge in [0.15, 0.2) is 0 Å². The largest absolute Gasteiger partial charge is 0.395 e. The zero-order valence-electron chi connectivity index (χ0n) is 12.4. The van der Waals surface area contributed by atoms with Crippen molar-refractivity contribution >= 4 is 6.41 Å². The summed E-state index contributed by atoms with van der Waals surface area (Å²) >= 11 is 0. The molecule has 8 nitrogen and oxygen atoms in total. The van der Waals surface area contributed by atoms with Crippen molar-refractivity contribution in [2.45, 2.75) is 12.1 Å². The molecule has 1 rings (SSSR count). The third kappa shape index (κ3) is 6.68. The molecular weight excluding hydrogens is 276 g/mol. The summed E-state index contributed by atoms with van der Waals surface area (Å²) in [6, 6.07) is -0.465. The molecular formula is C13H28N4O4. The maximum Gasteiger partial charge on any atom is 0.209 e. The Hall–Kier alpha value is -0.770. The number of nitrogens with one attached hydrogen (secondary N) is 2. The van der Waals surface area contributed by atoms with Crippen molar-refractivity contribution in [3.8, 4) is 0 Å². The lowest BCUT2D eigenvalue weighted by molar-refractivity contribution is -0.118. The van der Waals surface area contributed by atoms with E-state index in [1.165, 1.54) is 0 Å². The van der Waals surface area contributed by atoms with Crippen LogP contribution in [0.2, 0.25) is 0 Å². The zero-order valence-corrected chi connectivity index (χ0v) is 12.4. The van der Waals surface area contributed by atoms with Gasteiger partial charge >= 0.3 is 0 Å². The van der Waals surface area contributed by atoms with Gasteiger partial charge in [-0.1, -0.05) is 0 Å². The maximum absolute atomic E-state index is 10.8. The summed E-state index contributed by atoms with van der Waals surface area (Å²) in [4.78, 5) is 14.5. The average molecular weight is 304 g/mol. The molecule has 1 heterocycles. The molecule has 1 fully saturated rings. The predicted octanol–water partition coefficient (Wildman–Crippen LogP) is -3.35. The average Bonchev–Trinajstić information content (AvgIpc) is 2.49. The Labute approximate surface area is 125 Å². The first-order valence-electron chi connectivity index (χ1n) is 7.47. The van der Waals surface area contributed by atoms with Gasteiger partial charge in [0.05, 0.1) is 25.4 Å². The number of amides is 1. The van der Waals surface area contributed by atoms with Gasteiger partial charge in [0.2, 0.25) is 6.41 Å². The molecule has 5 N–H and O–H groups in total. The SMILES string of the molecule is O=CN1CCNCCN([C@@H](CO)[C@@H](O)CO)CCNCC1. The summed E-state index contributed by atoms with van der Waals surface area (Å²) in [6.45, 7) is 4.88. The van der Waals surface area contributed by atoms with E-state index in [1.54, 1.807) is 4.90 Å². The van der Waals surface area contributed by atoms with E-state index < -0.39 is 12.1 Å². The first kappa shape index (κ1) is 18.3. The van der Waals surface area contributed by atoms with Gasteiger partial charge in [-0.05, 0) is 0 Å². The molecule has 0 aromatic heterocycles. The van der Waals surface area contributed by atoms with Gasteiger partial charge in [-0.15, -0.1) is 0 Å². The fourth-order valence-corrected chi connectivity index (χ4v) is 2.40. The summed E-state index contributed by atoms with van der Waals surface area (Å²) in [5.74, 6) is 0. The lowest BCUT2D eigenvalue weighted by Gasteiger charge is -2.33. The standard InChI is InChI=1S/C13H28N4O4/c18-9-12(13(21)10-19)17-7-3-14-1-5-16(11-20)6-2-15-4-8-17/h11-15,18-19,21H,1-10H2/t12-,13-/m0/s1. The highest BCUT2D eigenvalue weighted by atomic mass is 16.3. The van der Waals surface area contributed by atoms with Crippen molar-refractivity contribution in [2.75, 3.05) is 65.6 Å². The molecule has 0 bridgehead atoms. The Kier molecular flexibility index (Phi) is 9.48. The Balaban J connectivity index is 2.52. The number of aliphatic hydroxyl groups is 3. The van der Waals surface area contributed by atoms with Gasteiger partial charge in [-0.3, -0.25) is 9.69 Å². The third-order valence-electron chi connectivity index (χ3n) is 3.74. The normalized spacial score (nSPS) is 22.9. The molecule has 1 saturated heterocycles. The molecule has 124 valence electrons. The number of carbonyl (C=O) groups excluding carboxylic acids is 1. The van der Waals surface area contributed by atoms with Crippen molar-refractivity contribution in [3.05, 3.63) is 0 Å². The van der Waals surface area contributed by atoms with Crippen LogP contribution >= 0.6 is 0 Å². The molecule has 8 heteroatoms. The number of rotatable bonds is 5. The zero-order chi connectivity index (χ0) is 15.5. The Morgan fingerprint density at radius 3 is 1.90 bits per heavy atom. The number of aliphatic hydroxyl groups excluding tert-OH is 3. The van der Waals surface area contributed by atoms with Crippen LogP contribution in [0.1, 0.15) is 0 Å². The molecule has 1 aliphatic heterocycles. The summed E-state index contributed by atoms with van der Waals surface area (Å²) in [7, 11) is 0. The summed E-state index contributed by atoms with van der Waals surface area (Å²) in [5.41, 5.74) is 0. The molecule has 0 saturated carbocycles. The molecule has 0 aromatic rings. The summed E-state index contributed by atoms with van der Waals surface area (Å²) in [6.07, 6.45) is -0.0886. The number of nitrogens with zero attached hydrogens (tertiary/aromatic N) is 2. The van der Waals surface area contributed by atoms with E-state index in [1.807, 2.05) is 4.90 Å². The monoisotopic (exact) mass is 304 g/mol. The molecule has 1 amide bonds. The summed E-state index contributed by atoms with van der Waals surface area (Å²) < 4.78 is 0. The van der Waals surface area contributed by atoms with E-state index in [4.69, 9.17) is 5.11 Å². The number of hydrogen-bond acceptors (Lipinski definition) is 7. The highest BCUT2D eigenvalue weighted by Gasteiger charge is 2.24. The van der Waals surface area contributed by atoms with Crippen LogP contribution in [0.25, 0.3) is 0 Å². The van der Waals surface area contributed by atoms with E-state index in [2.05, 4.69) is 10.6 Å². The van der Waals surface area contributed by atoms with Crippen LogP contribution in [-0.2, 0) is 4.79 Å². The minimum Gasteiger partial charge on any atom is -0.395 e. The van der Waals surface area contributed by atoms with Crippen LogP contribution in [0.5, 0.6) is 0 Å². The van der Waals surface area contributed by atoms with Gasteiger partial charge in [0, 0.05) is 52.4 Å². The van der Waals surface area contributed by atoms with Crippen LogP contribution in [0.3, 0.4) is 0 Å². The predicted molar refractivity (Wildman–Crippen MR) is 78.9 cm³/mol. The number of carbonyl (C=O) groups is 1. The van der Waals surface area contributed by atoms with Crippen molar-refractivity contribution < 1.29 is 20.1 Å². The molecule has 2 atom stereocenters. The van der Waals surface area contributed by atoms with Crippen molar-refractivity contribution in [1.82, 2.24) is 20.4 Å². The second kappa shape index (κ2) is 10.9. The lowest BCUT2D eigenvalue weighted by Crippen LogP contribution is -2.52. The molecule has 0 radical (unpaired) electrons. The first-order chi connectivity index (χ1) is 10.2. The molecule has 0 unspecified atom stereocenters. The first-order valence-corrected chi connectivity index (χ1v) is 7.47. The Morgan fingerprint density at radius 1 is 0.952 bits per heavy atom. The van der Waals surface area contributed by atoms with E-state index in [0.717, 1.165) is 6.41 Å². The number of hydrogen-bond donors (Lipinski definition) is 5. The second-order valence-electron chi connectivity index (χ2n) is 5.18. The minimum absolute atomic E-state index is 0.194. The topological polar surface area (TPSA) is 108 Å². The van der Waals surface area contributed by atoms with Gasteiger partial charge in [0.1, 0.15) is 0 Å². The van der Waals surface area contributed by atoms with Gasteiger partial charge in [-0.2, -0.15) is 0 Å². The van der Waals surface area contributed by atoms with E-state index in [-0.39, 0.29) is 13.2 Å².